The van der Waals surface area contributed by atoms with Crippen molar-refractivity contribution in [1.29, 1.82) is 0 Å². The summed E-state index contributed by atoms with van der Waals surface area (Å²) in [6.07, 6.45) is 9.55. The first-order chi connectivity index (χ1) is 11.5. The van der Waals surface area contributed by atoms with Crippen molar-refractivity contribution < 1.29 is 9.59 Å². The van der Waals surface area contributed by atoms with E-state index in [1.165, 1.54) is 19.3 Å². The first-order valence-electron chi connectivity index (χ1n) is 9.83. The minimum atomic E-state index is 0. The Morgan fingerprint density at radius 1 is 1.08 bits per heavy atom. The van der Waals surface area contributed by atoms with Gasteiger partial charge in [-0.2, -0.15) is 0 Å². The van der Waals surface area contributed by atoms with E-state index in [2.05, 4.69) is 5.32 Å². The third kappa shape index (κ3) is 5.33. The smallest absolute Gasteiger partial charge is 0.220 e. The SMILES string of the molecule is CC(=O)N1CCC(CCC(=O)NC2C3CCCC2CC(N)C3)CC1.Cl. The van der Waals surface area contributed by atoms with Crippen LogP contribution in [0.4, 0.5) is 0 Å². The fourth-order valence-corrected chi connectivity index (χ4v) is 5.15. The van der Waals surface area contributed by atoms with Crippen molar-refractivity contribution in [3.63, 3.8) is 0 Å². The van der Waals surface area contributed by atoms with E-state index < -0.39 is 0 Å². The lowest BCUT2D eigenvalue weighted by Gasteiger charge is -2.45. The summed E-state index contributed by atoms with van der Waals surface area (Å²) in [6, 6.07) is 0.700. The predicted molar refractivity (Wildman–Crippen MR) is 101 cm³/mol. The maximum atomic E-state index is 12.4. The molecule has 3 fully saturated rings. The largest absolute Gasteiger partial charge is 0.353 e. The van der Waals surface area contributed by atoms with Crippen molar-refractivity contribution >= 4 is 24.2 Å². The molecule has 0 aromatic heterocycles. The number of piperidine rings is 1. The lowest BCUT2D eigenvalue weighted by Crippen LogP contribution is -2.53. The van der Waals surface area contributed by atoms with Gasteiger partial charge in [0.25, 0.3) is 0 Å². The molecule has 1 aliphatic heterocycles. The van der Waals surface area contributed by atoms with Gasteiger partial charge in [-0.25, -0.2) is 0 Å². The summed E-state index contributed by atoms with van der Waals surface area (Å²) in [7, 11) is 0. The van der Waals surface area contributed by atoms with E-state index in [0.717, 1.165) is 45.2 Å². The molecule has 25 heavy (non-hydrogen) atoms. The second-order valence-electron chi connectivity index (χ2n) is 8.26. The van der Waals surface area contributed by atoms with E-state index >= 15 is 0 Å². The molecular formula is C19H34ClN3O2. The van der Waals surface area contributed by atoms with Crippen molar-refractivity contribution in [2.24, 2.45) is 23.5 Å². The summed E-state index contributed by atoms with van der Waals surface area (Å²) in [5.41, 5.74) is 6.17. The van der Waals surface area contributed by atoms with Crippen LogP contribution in [0.2, 0.25) is 0 Å². The van der Waals surface area contributed by atoms with Crippen molar-refractivity contribution in [3.05, 3.63) is 0 Å². The van der Waals surface area contributed by atoms with Gasteiger partial charge >= 0.3 is 0 Å². The number of carbonyl (C=O) groups is 2. The summed E-state index contributed by atoms with van der Waals surface area (Å²) >= 11 is 0. The Bertz CT molecular complexity index is 452. The molecule has 0 spiro atoms. The molecule has 0 radical (unpaired) electrons. The Hall–Kier alpha value is -0.810. The van der Waals surface area contributed by atoms with E-state index in [4.69, 9.17) is 5.73 Å². The number of nitrogens with one attached hydrogen (secondary N) is 1. The molecular weight excluding hydrogens is 338 g/mol. The summed E-state index contributed by atoms with van der Waals surface area (Å²) < 4.78 is 0. The molecule has 5 nitrogen and oxygen atoms in total. The van der Waals surface area contributed by atoms with Crippen molar-refractivity contribution in [2.45, 2.75) is 76.8 Å². The summed E-state index contributed by atoms with van der Waals surface area (Å²) in [5.74, 6) is 2.17. The number of likely N-dealkylation sites (tertiary alicyclic amines) is 1. The number of nitrogens with two attached hydrogens (primary N) is 1. The molecule has 3 rings (SSSR count). The average Bonchev–Trinajstić information content (AvgIpc) is 2.54. The second-order valence-corrected chi connectivity index (χ2v) is 8.26. The van der Waals surface area contributed by atoms with Gasteiger partial charge < -0.3 is 16.0 Å². The predicted octanol–water partition coefficient (Wildman–Crippen LogP) is 2.47. The molecule has 0 aromatic carbocycles. The number of amides is 2. The maximum Gasteiger partial charge on any atom is 0.220 e. The summed E-state index contributed by atoms with van der Waals surface area (Å²) in [6.45, 7) is 3.35. The number of halogens is 1. The summed E-state index contributed by atoms with van der Waals surface area (Å²) in [5, 5.41) is 3.35. The van der Waals surface area contributed by atoms with Gasteiger partial charge in [0.05, 0.1) is 0 Å². The molecule has 1 heterocycles. The number of rotatable bonds is 4. The zero-order valence-electron chi connectivity index (χ0n) is 15.4. The monoisotopic (exact) mass is 371 g/mol. The quantitative estimate of drug-likeness (QED) is 0.797. The average molecular weight is 372 g/mol. The van der Waals surface area contributed by atoms with Crippen LogP contribution in [0, 0.1) is 17.8 Å². The highest BCUT2D eigenvalue weighted by atomic mass is 35.5. The third-order valence-electron chi connectivity index (χ3n) is 6.54. The molecule has 144 valence electrons. The van der Waals surface area contributed by atoms with Crippen molar-refractivity contribution in [3.8, 4) is 0 Å². The first-order valence-corrected chi connectivity index (χ1v) is 9.83. The molecule has 2 unspecified atom stereocenters. The highest BCUT2D eigenvalue weighted by Crippen LogP contribution is 2.39. The standard InChI is InChI=1S/C19H33N3O2.ClH/c1-13(23)22-9-7-14(8-10-22)5-6-18(24)21-19-15-3-2-4-16(19)12-17(20)11-15;/h14-17,19H,2-12,20H2,1H3,(H,21,24);1H. The minimum absolute atomic E-state index is 0. The van der Waals surface area contributed by atoms with E-state index in [0.29, 0.717) is 36.3 Å². The van der Waals surface area contributed by atoms with Crippen LogP contribution < -0.4 is 11.1 Å². The molecule has 0 aromatic rings. The van der Waals surface area contributed by atoms with Crippen molar-refractivity contribution in [2.75, 3.05) is 13.1 Å². The van der Waals surface area contributed by atoms with Crippen molar-refractivity contribution in [1.82, 2.24) is 10.2 Å². The molecule has 2 saturated carbocycles. The maximum absolute atomic E-state index is 12.4. The molecule has 2 amide bonds. The fourth-order valence-electron chi connectivity index (χ4n) is 5.15. The zero-order valence-corrected chi connectivity index (χ0v) is 16.2. The van der Waals surface area contributed by atoms with Gasteiger partial charge in [0.2, 0.25) is 11.8 Å². The van der Waals surface area contributed by atoms with Gasteiger partial charge in [0.15, 0.2) is 0 Å². The Kier molecular flexibility index (Phi) is 7.56. The van der Waals surface area contributed by atoms with E-state index in [9.17, 15) is 9.59 Å². The lowest BCUT2D eigenvalue weighted by atomic mass is 9.67. The van der Waals surface area contributed by atoms with Crippen LogP contribution in [0.1, 0.15) is 64.7 Å². The number of hydrogen-bond acceptors (Lipinski definition) is 3. The Morgan fingerprint density at radius 2 is 1.68 bits per heavy atom. The Labute approximate surface area is 157 Å². The first kappa shape index (κ1) is 20.5. The molecule has 3 aliphatic rings. The number of hydrogen-bond donors (Lipinski definition) is 2. The van der Waals surface area contributed by atoms with E-state index in [1.54, 1.807) is 6.92 Å². The number of carbonyl (C=O) groups excluding carboxylic acids is 2. The van der Waals surface area contributed by atoms with Gasteiger partial charge in [-0.3, -0.25) is 9.59 Å². The van der Waals surface area contributed by atoms with Crippen LogP contribution >= 0.6 is 12.4 Å². The Morgan fingerprint density at radius 3 is 2.24 bits per heavy atom. The van der Waals surface area contributed by atoms with Gasteiger partial charge in [-0.05, 0) is 62.7 Å². The van der Waals surface area contributed by atoms with Gasteiger partial charge in [-0.15, -0.1) is 12.4 Å². The van der Waals surface area contributed by atoms with Crippen LogP contribution in [0.15, 0.2) is 0 Å². The minimum Gasteiger partial charge on any atom is -0.353 e. The normalized spacial score (nSPS) is 32.6. The topological polar surface area (TPSA) is 75.4 Å². The highest BCUT2D eigenvalue weighted by Gasteiger charge is 2.39. The molecule has 2 atom stereocenters. The zero-order chi connectivity index (χ0) is 17.1. The molecule has 2 aliphatic carbocycles. The van der Waals surface area contributed by atoms with Crippen LogP contribution in [-0.2, 0) is 9.59 Å². The lowest BCUT2D eigenvalue weighted by molar-refractivity contribution is -0.130. The van der Waals surface area contributed by atoms with E-state index in [1.807, 2.05) is 4.90 Å². The van der Waals surface area contributed by atoms with Gasteiger partial charge in [0.1, 0.15) is 0 Å². The number of fused-ring (bicyclic) bond motifs is 2. The van der Waals surface area contributed by atoms with Crippen LogP contribution in [0.5, 0.6) is 0 Å². The number of nitrogens with zero attached hydrogens (tertiary/aromatic N) is 1. The van der Waals surface area contributed by atoms with Crippen LogP contribution in [0.3, 0.4) is 0 Å². The molecule has 3 N–H and O–H groups in total. The molecule has 1 saturated heterocycles. The summed E-state index contributed by atoms with van der Waals surface area (Å²) in [4.78, 5) is 25.7. The van der Waals surface area contributed by atoms with Gasteiger partial charge in [0, 0.05) is 38.5 Å². The second kappa shape index (κ2) is 9.22. The highest BCUT2D eigenvalue weighted by molar-refractivity contribution is 5.85. The third-order valence-corrected chi connectivity index (χ3v) is 6.54. The Balaban J connectivity index is 0.00000225. The van der Waals surface area contributed by atoms with E-state index in [-0.39, 0.29) is 24.2 Å². The van der Waals surface area contributed by atoms with Crippen LogP contribution in [-0.4, -0.2) is 41.9 Å². The molecule has 6 heteroatoms. The molecule has 2 bridgehead atoms. The van der Waals surface area contributed by atoms with Crippen LogP contribution in [0.25, 0.3) is 0 Å². The fraction of sp³-hybridized carbons (Fsp3) is 0.895. The van der Waals surface area contributed by atoms with Gasteiger partial charge in [-0.1, -0.05) is 6.42 Å².